The third-order valence-corrected chi connectivity index (χ3v) is 3.88. The fourth-order valence-corrected chi connectivity index (χ4v) is 2.62. The monoisotopic (exact) mass is 306 g/mol. The summed E-state index contributed by atoms with van der Waals surface area (Å²) in [5, 5.41) is 15.1. The zero-order valence-corrected chi connectivity index (χ0v) is 12.8. The van der Waals surface area contributed by atoms with Crippen LogP contribution in [0.3, 0.4) is 0 Å². The largest absolute Gasteiger partial charge is 0.389 e. The zero-order chi connectivity index (χ0) is 15.2. The van der Waals surface area contributed by atoms with E-state index in [0.717, 1.165) is 16.3 Å². The molecule has 1 amide bonds. The van der Waals surface area contributed by atoms with E-state index in [4.69, 9.17) is 4.74 Å². The minimum Gasteiger partial charge on any atom is -0.389 e. The first-order chi connectivity index (χ1) is 10.1. The minimum absolute atomic E-state index is 0.167. The lowest BCUT2D eigenvalue weighted by Gasteiger charge is -2.10. The summed E-state index contributed by atoms with van der Waals surface area (Å²) in [7, 11) is 1.50. The van der Waals surface area contributed by atoms with Crippen molar-refractivity contribution in [1.82, 2.24) is 10.3 Å². The number of methoxy groups -OCH3 is 1. The molecule has 0 saturated heterocycles. The standard InChI is InChI=1S/C15H18N2O3S/c1-10-9-21-15(17-10)12-5-3-11(4-6-12)14(19)16-7-13(18)8-20-2/h3-6,9,13,18H,7-8H2,1-2H3,(H,16,19). The first-order valence-corrected chi connectivity index (χ1v) is 7.46. The van der Waals surface area contributed by atoms with Gasteiger partial charge in [-0.25, -0.2) is 4.98 Å². The van der Waals surface area contributed by atoms with Crippen molar-refractivity contribution in [3.63, 3.8) is 0 Å². The number of rotatable bonds is 6. The molecule has 0 spiro atoms. The number of aliphatic hydroxyl groups excluding tert-OH is 1. The molecule has 0 aliphatic rings. The van der Waals surface area contributed by atoms with Crippen LogP contribution in [0.1, 0.15) is 16.1 Å². The van der Waals surface area contributed by atoms with E-state index < -0.39 is 6.10 Å². The predicted octanol–water partition coefficient (Wildman–Crippen LogP) is 1.86. The van der Waals surface area contributed by atoms with Crippen molar-refractivity contribution in [2.45, 2.75) is 13.0 Å². The first-order valence-electron chi connectivity index (χ1n) is 6.58. The van der Waals surface area contributed by atoms with Crippen molar-refractivity contribution in [2.24, 2.45) is 0 Å². The third-order valence-electron chi connectivity index (χ3n) is 2.87. The zero-order valence-electron chi connectivity index (χ0n) is 12.0. The molecule has 0 fully saturated rings. The SMILES string of the molecule is COCC(O)CNC(=O)c1ccc(-c2nc(C)cs2)cc1. The molecule has 0 radical (unpaired) electrons. The van der Waals surface area contributed by atoms with Crippen LogP contribution >= 0.6 is 11.3 Å². The van der Waals surface area contributed by atoms with Crippen LogP contribution in [0.2, 0.25) is 0 Å². The number of carbonyl (C=O) groups excluding carboxylic acids is 1. The lowest BCUT2D eigenvalue weighted by atomic mass is 10.1. The summed E-state index contributed by atoms with van der Waals surface area (Å²) in [6, 6.07) is 7.26. The first kappa shape index (κ1) is 15.6. The molecule has 0 aliphatic carbocycles. The summed E-state index contributed by atoms with van der Waals surface area (Å²) in [6.45, 7) is 2.32. The lowest BCUT2D eigenvalue weighted by Crippen LogP contribution is -2.34. The Labute approximate surface area is 127 Å². The average Bonchev–Trinajstić information content (AvgIpc) is 2.92. The summed E-state index contributed by atoms with van der Waals surface area (Å²) in [5.74, 6) is -0.216. The number of nitrogens with zero attached hydrogens (tertiary/aromatic N) is 1. The Bertz CT molecular complexity index is 595. The summed E-state index contributed by atoms with van der Waals surface area (Å²) in [4.78, 5) is 16.3. The van der Waals surface area contributed by atoms with Crippen molar-refractivity contribution in [3.05, 3.63) is 40.9 Å². The Hall–Kier alpha value is -1.76. The van der Waals surface area contributed by atoms with Crippen LogP contribution in [0.25, 0.3) is 10.6 Å². The predicted molar refractivity (Wildman–Crippen MR) is 82.5 cm³/mol. The van der Waals surface area contributed by atoms with Gasteiger partial charge in [-0.05, 0) is 19.1 Å². The van der Waals surface area contributed by atoms with Gasteiger partial charge in [0.1, 0.15) is 5.01 Å². The van der Waals surface area contributed by atoms with Gasteiger partial charge in [0.15, 0.2) is 0 Å². The summed E-state index contributed by atoms with van der Waals surface area (Å²) >= 11 is 1.58. The molecule has 0 saturated carbocycles. The molecule has 21 heavy (non-hydrogen) atoms. The molecule has 1 aromatic heterocycles. The Morgan fingerprint density at radius 2 is 2.14 bits per heavy atom. The Morgan fingerprint density at radius 1 is 1.43 bits per heavy atom. The highest BCUT2D eigenvalue weighted by Gasteiger charge is 2.09. The molecule has 0 bridgehead atoms. The quantitative estimate of drug-likeness (QED) is 0.854. The molecule has 0 aliphatic heterocycles. The van der Waals surface area contributed by atoms with E-state index in [1.807, 2.05) is 24.4 Å². The average molecular weight is 306 g/mol. The van der Waals surface area contributed by atoms with Crippen LogP contribution in [0.15, 0.2) is 29.6 Å². The van der Waals surface area contributed by atoms with Crippen LogP contribution in [-0.2, 0) is 4.74 Å². The number of ether oxygens (including phenoxy) is 1. The van der Waals surface area contributed by atoms with Crippen molar-refractivity contribution >= 4 is 17.2 Å². The Morgan fingerprint density at radius 3 is 2.71 bits per heavy atom. The molecule has 1 atom stereocenters. The molecule has 112 valence electrons. The van der Waals surface area contributed by atoms with Crippen molar-refractivity contribution in [2.75, 3.05) is 20.3 Å². The molecule has 6 heteroatoms. The van der Waals surface area contributed by atoms with Crippen LogP contribution in [0.4, 0.5) is 0 Å². The summed E-state index contributed by atoms with van der Waals surface area (Å²) in [5.41, 5.74) is 2.53. The molecular formula is C15H18N2O3S. The second kappa shape index (κ2) is 7.31. The number of nitrogens with one attached hydrogen (secondary N) is 1. The normalized spacial score (nSPS) is 12.1. The van der Waals surface area contributed by atoms with Gasteiger partial charge in [0.05, 0.1) is 12.7 Å². The maximum atomic E-state index is 11.9. The number of amides is 1. The molecule has 1 heterocycles. The summed E-state index contributed by atoms with van der Waals surface area (Å²) < 4.78 is 4.80. The van der Waals surface area contributed by atoms with Gasteiger partial charge in [-0.15, -0.1) is 11.3 Å². The van der Waals surface area contributed by atoms with Crippen LogP contribution in [0, 0.1) is 6.92 Å². The van der Waals surface area contributed by atoms with E-state index >= 15 is 0 Å². The molecule has 2 aromatic rings. The van der Waals surface area contributed by atoms with Gasteiger partial charge in [-0.1, -0.05) is 12.1 Å². The van der Waals surface area contributed by atoms with Crippen molar-refractivity contribution in [1.29, 1.82) is 0 Å². The molecule has 1 unspecified atom stereocenters. The van der Waals surface area contributed by atoms with Gasteiger partial charge in [0.2, 0.25) is 0 Å². The van der Waals surface area contributed by atoms with E-state index in [1.165, 1.54) is 7.11 Å². The van der Waals surface area contributed by atoms with E-state index in [-0.39, 0.29) is 19.1 Å². The molecular weight excluding hydrogens is 288 g/mol. The van der Waals surface area contributed by atoms with E-state index in [2.05, 4.69) is 10.3 Å². The highest BCUT2D eigenvalue weighted by atomic mass is 32.1. The molecule has 2 N–H and O–H groups in total. The van der Waals surface area contributed by atoms with E-state index in [0.29, 0.717) is 5.56 Å². The summed E-state index contributed by atoms with van der Waals surface area (Å²) in [6.07, 6.45) is -0.698. The fourth-order valence-electron chi connectivity index (χ4n) is 1.81. The maximum Gasteiger partial charge on any atom is 0.251 e. The van der Waals surface area contributed by atoms with Gasteiger partial charge in [-0.3, -0.25) is 4.79 Å². The smallest absolute Gasteiger partial charge is 0.251 e. The van der Waals surface area contributed by atoms with Crippen LogP contribution in [0.5, 0.6) is 0 Å². The van der Waals surface area contributed by atoms with Gasteiger partial charge in [0.25, 0.3) is 5.91 Å². The number of aryl methyl sites for hydroxylation is 1. The van der Waals surface area contributed by atoms with Gasteiger partial charge < -0.3 is 15.2 Å². The maximum absolute atomic E-state index is 11.9. The van der Waals surface area contributed by atoms with Crippen LogP contribution in [-0.4, -0.2) is 42.4 Å². The Balaban J connectivity index is 1.97. The molecule has 2 rings (SSSR count). The van der Waals surface area contributed by atoms with Crippen molar-refractivity contribution in [3.8, 4) is 10.6 Å². The highest BCUT2D eigenvalue weighted by molar-refractivity contribution is 7.13. The third kappa shape index (κ3) is 4.35. The topological polar surface area (TPSA) is 71.5 Å². The van der Waals surface area contributed by atoms with E-state index in [1.54, 1.807) is 23.5 Å². The van der Waals surface area contributed by atoms with Crippen LogP contribution < -0.4 is 5.32 Å². The number of carbonyl (C=O) groups is 1. The Kier molecular flexibility index (Phi) is 5.44. The highest BCUT2D eigenvalue weighted by Crippen LogP contribution is 2.23. The second-order valence-electron chi connectivity index (χ2n) is 4.69. The lowest BCUT2D eigenvalue weighted by molar-refractivity contribution is 0.0610. The van der Waals surface area contributed by atoms with Crippen molar-refractivity contribution < 1.29 is 14.6 Å². The molecule has 5 nitrogen and oxygen atoms in total. The second-order valence-corrected chi connectivity index (χ2v) is 5.55. The number of aromatic nitrogens is 1. The van der Waals surface area contributed by atoms with Gasteiger partial charge >= 0.3 is 0 Å². The van der Waals surface area contributed by atoms with Gasteiger partial charge in [-0.2, -0.15) is 0 Å². The van der Waals surface area contributed by atoms with Gasteiger partial charge in [0, 0.05) is 35.9 Å². The number of thiazole rings is 1. The van der Waals surface area contributed by atoms with E-state index in [9.17, 15) is 9.90 Å². The number of aliphatic hydroxyl groups is 1. The molecule has 1 aromatic carbocycles. The number of hydrogen-bond acceptors (Lipinski definition) is 5. The fraction of sp³-hybridized carbons (Fsp3) is 0.333. The minimum atomic E-state index is -0.698. The number of benzene rings is 1. The number of hydrogen-bond donors (Lipinski definition) is 2.